The molecule has 2 aromatic rings. The second-order valence-corrected chi connectivity index (χ2v) is 4.78. The minimum Gasteiger partial charge on any atom is -0.394 e. The number of nitrogens with one attached hydrogen (secondary N) is 2. The second-order valence-electron chi connectivity index (χ2n) is 4.78. The molecule has 1 aromatic heterocycles. The first kappa shape index (κ1) is 12.6. The molecule has 0 saturated heterocycles. The van der Waals surface area contributed by atoms with Crippen molar-refractivity contribution in [2.24, 2.45) is 5.92 Å². The predicted octanol–water partition coefficient (Wildman–Crippen LogP) is 1.91. The molecule has 0 aliphatic carbocycles. The molecule has 2 rings (SSSR count). The van der Waals surface area contributed by atoms with Crippen LogP contribution in [-0.2, 0) is 0 Å². The van der Waals surface area contributed by atoms with Crippen LogP contribution in [0.1, 0.15) is 24.3 Å². The van der Waals surface area contributed by atoms with Gasteiger partial charge in [0.1, 0.15) is 5.69 Å². The van der Waals surface area contributed by atoms with Crippen LogP contribution in [0.25, 0.3) is 10.9 Å². The van der Waals surface area contributed by atoms with E-state index < -0.39 is 0 Å². The summed E-state index contributed by atoms with van der Waals surface area (Å²) in [6.45, 7) is 3.88. The van der Waals surface area contributed by atoms with Crippen molar-refractivity contribution in [1.82, 2.24) is 10.3 Å². The highest BCUT2D eigenvalue weighted by Crippen LogP contribution is 2.14. The van der Waals surface area contributed by atoms with Crippen molar-refractivity contribution < 1.29 is 9.90 Å². The number of benzene rings is 1. The van der Waals surface area contributed by atoms with E-state index in [1.165, 1.54) is 0 Å². The molecule has 1 amide bonds. The topological polar surface area (TPSA) is 65.1 Å². The fraction of sp³-hybridized carbons (Fsp3) is 0.357. The Morgan fingerprint density at radius 1 is 1.39 bits per heavy atom. The first-order valence-corrected chi connectivity index (χ1v) is 6.11. The molecule has 4 nitrogen and oxygen atoms in total. The van der Waals surface area contributed by atoms with Gasteiger partial charge >= 0.3 is 0 Å². The monoisotopic (exact) mass is 246 g/mol. The summed E-state index contributed by atoms with van der Waals surface area (Å²) >= 11 is 0. The van der Waals surface area contributed by atoms with Crippen LogP contribution in [0.4, 0.5) is 0 Å². The molecule has 0 fully saturated rings. The Hall–Kier alpha value is -1.81. The van der Waals surface area contributed by atoms with Crippen LogP contribution in [0.3, 0.4) is 0 Å². The molecule has 0 spiro atoms. The standard InChI is InChI=1S/C14H18N2O2/c1-9(2)13(8-17)16-14(18)12-7-10-5-3-4-6-11(10)15-12/h3-7,9,13,15,17H,8H2,1-2H3,(H,16,18). The number of carbonyl (C=O) groups excluding carboxylic acids is 1. The first-order chi connectivity index (χ1) is 8.61. The maximum atomic E-state index is 12.0. The summed E-state index contributed by atoms with van der Waals surface area (Å²) in [7, 11) is 0. The Labute approximate surface area is 106 Å². The number of para-hydroxylation sites is 1. The lowest BCUT2D eigenvalue weighted by Gasteiger charge is -2.19. The average Bonchev–Trinajstić information content (AvgIpc) is 2.79. The van der Waals surface area contributed by atoms with Gasteiger partial charge in [0.2, 0.25) is 0 Å². The van der Waals surface area contributed by atoms with Crippen molar-refractivity contribution in [3.8, 4) is 0 Å². The van der Waals surface area contributed by atoms with Gasteiger partial charge in [0.05, 0.1) is 12.6 Å². The minimum absolute atomic E-state index is 0.0519. The lowest BCUT2D eigenvalue weighted by atomic mass is 10.1. The van der Waals surface area contributed by atoms with Gasteiger partial charge in [-0.1, -0.05) is 32.0 Å². The molecule has 1 aromatic carbocycles. The van der Waals surface area contributed by atoms with Crippen molar-refractivity contribution >= 4 is 16.8 Å². The highest BCUT2D eigenvalue weighted by molar-refractivity contribution is 5.98. The van der Waals surface area contributed by atoms with Crippen molar-refractivity contribution in [2.75, 3.05) is 6.61 Å². The highest BCUT2D eigenvalue weighted by Gasteiger charge is 2.17. The van der Waals surface area contributed by atoms with E-state index in [4.69, 9.17) is 0 Å². The fourth-order valence-electron chi connectivity index (χ4n) is 1.86. The third-order valence-corrected chi connectivity index (χ3v) is 3.09. The molecule has 0 aliphatic heterocycles. The first-order valence-electron chi connectivity index (χ1n) is 6.11. The SMILES string of the molecule is CC(C)C(CO)NC(=O)c1cc2ccccc2[nH]1. The van der Waals surface area contributed by atoms with Crippen molar-refractivity contribution in [1.29, 1.82) is 0 Å². The molecular formula is C14H18N2O2. The van der Waals surface area contributed by atoms with Gasteiger partial charge in [-0.3, -0.25) is 4.79 Å². The molecule has 3 N–H and O–H groups in total. The Morgan fingerprint density at radius 3 is 2.72 bits per heavy atom. The molecule has 18 heavy (non-hydrogen) atoms. The van der Waals surface area contributed by atoms with Crippen molar-refractivity contribution in [3.05, 3.63) is 36.0 Å². The summed E-state index contributed by atoms with van der Waals surface area (Å²) in [5.74, 6) is 0.0160. The predicted molar refractivity (Wildman–Crippen MR) is 71.5 cm³/mol. The lowest BCUT2D eigenvalue weighted by Crippen LogP contribution is -2.41. The summed E-state index contributed by atoms with van der Waals surface area (Å²) in [5, 5.41) is 13.0. The summed E-state index contributed by atoms with van der Waals surface area (Å²) < 4.78 is 0. The zero-order valence-electron chi connectivity index (χ0n) is 10.6. The van der Waals surface area contributed by atoms with E-state index in [1.54, 1.807) is 0 Å². The third-order valence-electron chi connectivity index (χ3n) is 3.09. The van der Waals surface area contributed by atoms with Gasteiger partial charge in [-0.2, -0.15) is 0 Å². The second kappa shape index (κ2) is 5.23. The van der Waals surface area contributed by atoms with Gasteiger partial charge in [-0.25, -0.2) is 0 Å². The quantitative estimate of drug-likeness (QED) is 0.771. The molecule has 1 unspecified atom stereocenters. The molecule has 4 heteroatoms. The van der Waals surface area contributed by atoms with Crippen LogP contribution in [0.5, 0.6) is 0 Å². The van der Waals surface area contributed by atoms with E-state index in [-0.39, 0.29) is 24.5 Å². The number of carbonyl (C=O) groups is 1. The Bertz CT molecular complexity index is 512. The number of fused-ring (bicyclic) bond motifs is 1. The van der Waals surface area contributed by atoms with Gasteiger partial charge in [-0.05, 0) is 18.1 Å². The number of aliphatic hydroxyl groups excluding tert-OH is 1. The highest BCUT2D eigenvalue weighted by atomic mass is 16.3. The maximum Gasteiger partial charge on any atom is 0.268 e. The molecule has 1 heterocycles. The average molecular weight is 246 g/mol. The van der Waals surface area contributed by atoms with E-state index >= 15 is 0 Å². The van der Waals surface area contributed by atoms with Gasteiger partial charge in [0, 0.05) is 10.9 Å². The van der Waals surface area contributed by atoms with Crippen LogP contribution < -0.4 is 5.32 Å². The van der Waals surface area contributed by atoms with E-state index in [1.807, 2.05) is 44.2 Å². The lowest BCUT2D eigenvalue weighted by molar-refractivity contribution is 0.0892. The van der Waals surface area contributed by atoms with Crippen LogP contribution in [0.15, 0.2) is 30.3 Å². The number of aliphatic hydroxyl groups is 1. The number of aromatic amines is 1. The molecule has 96 valence electrons. The Morgan fingerprint density at radius 2 is 2.11 bits per heavy atom. The molecule has 0 radical (unpaired) electrons. The molecular weight excluding hydrogens is 228 g/mol. The van der Waals surface area contributed by atoms with E-state index in [9.17, 15) is 9.90 Å². The summed E-state index contributed by atoms with van der Waals surface area (Å²) in [6.07, 6.45) is 0. The molecule has 0 aliphatic rings. The Balaban J connectivity index is 2.18. The Kier molecular flexibility index (Phi) is 3.67. The summed E-state index contributed by atoms with van der Waals surface area (Å²) in [5.41, 5.74) is 1.46. The molecule has 1 atom stereocenters. The van der Waals surface area contributed by atoms with Gasteiger partial charge in [-0.15, -0.1) is 0 Å². The zero-order chi connectivity index (χ0) is 13.1. The van der Waals surface area contributed by atoms with Crippen LogP contribution >= 0.6 is 0 Å². The van der Waals surface area contributed by atoms with Crippen LogP contribution in [-0.4, -0.2) is 28.6 Å². The number of H-pyrrole nitrogens is 1. The van der Waals surface area contributed by atoms with Crippen LogP contribution in [0.2, 0.25) is 0 Å². The smallest absolute Gasteiger partial charge is 0.268 e. The van der Waals surface area contributed by atoms with Gasteiger partial charge < -0.3 is 15.4 Å². The largest absolute Gasteiger partial charge is 0.394 e. The van der Waals surface area contributed by atoms with Crippen molar-refractivity contribution in [2.45, 2.75) is 19.9 Å². The maximum absolute atomic E-state index is 12.0. The summed E-state index contributed by atoms with van der Waals surface area (Å²) in [6, 6.07) is 9.34. The number of aromatic nitrogens is 1. The van der Waals surface area contributed by atoms with Crippen molar-refractivity contribution in [3.63, 3.8) is 0 Å². The van der Waals surface area contributed by atoms with E-state index in [0.29, 0.717) is 5.69 Å². The number of hydrogen-bond acceptors (Lipinski definition) is 2. The van der Waals surface area contributed by atoms with Crippen LogP contribution in [0, 0.1) is 5.92 Å². The number of rotatable bonds is 4. The number of amides is 1. The number of hydrogen-bond donors (Lipinski definition) is 3. The zero-order valence-corrected chi connectivity index (χ0v) is 10.6. The summed E-state index contributed by atoms with van der Waals surface area (Å²) in [4.78, 5) is 15.1. The molecule has 0 saturated carbocycles. The molecule has 0 bridgehead atoms. The minimum atomic E-state index is -0.219. The van der Waals surface area contributed by atoms with E-state index in [2.05, 4.69) is 10.3 Å². The third kappa shape index (κ3) is 2.54. The van der Waals surface area contributed by atoms with Gasteiger partial charge in [0.15, 0.2) is 0 Å². The van der Waals surface area contributed by atoms with Gasteiger partial charge in [0.25, 0.3) is 5.91 Å². The normalized spacial score (nSPS) is 12.9. The van der Waals surface area contributed by atoms with E-state index in [0.717, 1.165) is 10.9 Å². The fourth-order valence-corrected chi connectivity index (χ4v) is 1.86.